The standard InChI is InChI=1S/C16H18N4S.C7H13N3O2S.3C2H4/c1-4-12-5-7-13(8-6-12)14-15(16-17-9-10-21-16)19-20(18-14)11(2)3;1-6(2)9-13(11,12)7-4-10(3)5-8-7;3*1-2/h5-11H,4H2,1-3H3;4-6,9H,1-3H3;3*1-2H2. The van der Waals surface area contributed by atoms with Gasteiger partial charge in [-0.2, -0.15) is 9.90 Å². The first-order valence-corrected chi connectivity index (χ1v) is 14.9. The van der Waals surface area contributed by atoms with Gasteiger partial charge in [0.15, 0.2) is 5.03 Å². The van der Waals surface area contributed by atoms with Gasteiger partial charge in [-0.15, -0.1) is 55.9 Å². The summed E-state index contributed by atoms with van der Waals surface area (Å²) in [5.74, 6) is 0. The molecule has 0 bridgehead atoms. The maximum absolute atomic E-state index is 11.5. The van der Waals surface area contributed by atoms with Crippen molar-refractivity contribution < 1.29 is 8.42 Å². The minimum Gasteiger partial charge on any atom is -0.339 e. The highest BCUT2D eigenvalue weighted by Crippen LogP contribution is 2.31. The molecule has 218 valence electrons. The van der Waals surface area contributed by atoms with Crippen molar-refractivity contribution in [1.29, 1.82) is 0 Å². The summed E-state index contributed by atoms with van der Waals surface area (Å²) in [5.41, 5.74) is 4.18. The summed E-state index contributed by atoms with van der Waals surface area (Å²) >= 11 is 1.59. The van der Waals surface area contributed by atoms with Crippen LogP contribution >= 0.6 is 11.3 Å². The fourth-order valence-electron chi connectivity index (χ4n) is 3.03. The van der Waals surface area contributed by atoms with Crippen LogP contribution < -0.4 is 4.72 Å². The summed E-state index contributed by atoms with van der Waals surface area (Å²) < 4.78 is 27.0. The summed E-state index contributed by atoms with van der Waals surface area (Å²) in [5, 5.41) is 12.2. The molecule has 0 radical (unpaired) electrons. The van der Waals surface area contributed by atoms with Crippen LogP contribution in [-0.4, -0.2) is 44.0 Å². The first-order chi connectivity index (χ1) is 19.1. The van der Waals surface area contributed by atoms with Gasteiger partial charge < -0.3 is 4.57 Å². The molecule has 0 saturated heterocycles. The van der Waals surface area contributed by atoms with E-state index in [2.05, 4.69) is 109 Å². The SMILES string of the molecule is C=C.C=C.C=C.CC(C)NS(=O)(=O)c1cn(C)cn1.CCc1ccc(-c2nn(C(C)C)nc2-c2nccs2)cc1. The summed E-state index contributed by atoms with van der Waals surface area (Å²) in [7, 11) is -1.70. The lowest BCUT2D eigenvalue weighted by molar-refractivity contribution is 0.468. The molecule has 3 aromatic heterocycles. The van der Waals surface area contributed by atoms with Crippen LogP contribution in [-0.2, 0) is 23.5 Å². The van der Waals surface area contributed by atoms with Crippen LogP contribution in [0.3, 0.4) is 0 Å². The van der Waals surface area contributed by atoms with E-state index in [1.807, 2.05) is 5.38 Å². The van der Waals surface area contributed by atoms with Crippen molar-refractivity contribution in [3.63, 3.8) is 0 Å². The van der Waals surface area contributed by atoms with Gasteiger partial charge in [0.25, 0.3) is 10.0 Å². The van der Waals surface area contributed by atoms with Crippen molar-refractivity contribution in [2.24, 2.45) is 7.05 Å². The van der Waals surface area contributed by atoms with Crippen LogP contribution in [0.4, 0.5) is 0 Å². The predicted molar refractivity (Wildman–Crippen MR) is 169 cm³/mol. The molecule has 0 aliphatic carbocycles. The molecule has 0 unspecified atom stereocenters. The van der Waals surface area contributed by atoms with Gasteiger partial charge in [0, 0.05) is 36.4 Å². The number of hydrogen-bond acceptors (Lipinski definition) is 7. The van der Waals surface area contributed by atoms with E-state index in [9.17, 15) is 8.42 Å². The van der Waals surface area contributed by atoms with Crippen LogP contribution in [0, 0.1) is 0 Å². The first kappa shape index (κ1) is 36.3. The second kappa shape index (κ2) is 18.6. The monoisotopic (exact) mass is 585 g/mol. The molecule has 1 N–H and O–H groups in total. The van der Waals surface area contributed by atoms with Crippen LogP contribution in [0.1, 0.15) is 46.2 Å². The number of sulfonamides is 1. The fraction of sp³-hybridized carbons (Fsp3) is 0.310. The Morgan fingerprint density at radius 2 is 1.50 bits per heavy atom. The van der Waals surface area contributed by atoms with Crippen molar-refractivity contribution in [3.8, 4) is 22.0 Å². The normalized spacial score (nSPS) is 10.2. The van der Waals surface area contributed by atoms with Crippen molar-refractivity contribution in [2.75, 3.05) is 0 Å². The van der Waals surface area contributed by atoms with Crippen molar-refractivity contribution in [2.45, 2.75) is 58.1 Å². The van der Waals surface area contributed by atoms with Crippen LogP contribution in [0.5, 0.6) is 0 Å². The molecule has 0 aliphatic heterocycles. The Balaban J connectivity index is 0.000000691. The molecule has 40 heavy (non-hydrogen) atoms. The molecule has 0 aliphatic rings. The summed E-state index contributed by atoms with van der Waals surface area (Å²) in [4.78, 5) is 9.90. The van der Waals surface area contributed by atoms with E-state index in [-0.39, 0.29) is 17.1 Å². The van der Waals surface area contributed by atoms with Gasteiger partial charge in [-0.1, -0.05) is 31.2 Å². The van der Waals surface area contributed by atoms with E-state index in [0.717, 1.165) is 28.4 Å². The molecule has 4 aromatic rings. The first-order valence-electron chi connectivity index (χ1n) is 12.6. The third kappa shape index (κ3) is 10.8. The Morgan fingerprint density at radius 3 is 1.93 bits per heavy atom. The number of thiazole rings is 1. The van der Waals surface area contributed by atoms with Crippen LogP contribution in [0.25, 0.3) is 22.0 Å². The molecule has 4 rings (SSSR count). The number of nitrogens with zero attached hydrogens (tertiary/aromatic N) is 6. The van der Waals surface area contributed by atoms with Crippen LogP contribution in [0.15, 0.2) is 92.9 Å². The summed E-state index contributed by atoms with van der Waals surface area (Å²) in [6.07, 6.45) is 5.76. The number of benzene rings is 1. The molecular formula is C29H43N7O2S2. The summed E-state index contributed by atoms with van der Waals surface area (Å²) in [6, 6.07) is 8.64. The lowest BCUT2D eigenvalue weighted by Gasteiger charge is -2.06. The van der Waals surface area contributed by atoms with Gasteiger partial charge in [0.05, 0.1) is 12.4 Å². The maximum atomic E-state index is 11.5. The van der Waals surface area contributed by atoms with Crippen molar-refractivity contribution in [3.05, 3.63) is 93.4 Å². The molecule has 0 amide bonds. The van der Waals surface area contributed by atoms with Crippen molar-refractivity contribution in [1.82, 2.24) is 34.3 Å². The third-order valence-electron chi connectivity index (χ3n) is 4.71. The Bertz CT molecular complexity index is 1340. The van der Waals surface area contributed by atoms with Crippen LogP contribution in [0.2, 0.25) is 0 Å². The predicted octanol–water partition coefficient (Wildman–Crippen LogP) is 6.73. The van der Waals surface area contributed by atoms with Gasteiger partial charge >= 0.3 is 0 Å². The minimum atomic E-state index is -3.42. The highest BCUT2D eigenvalue weighted by atomic mass is 32.2. The van der Waals surface area contributed by atoms with Gasteiger partial charge in [-0.25, -0.2) is 23.1 Å². The largest absolute Gasteiger partial charge is 0.339 e. The molecule has 9 nitrogen and oxygen atoms in total. The van der Waals surface area contributed by atoms with E-state index in [4.69, 9.17) is 0 Å². The number of nitrogens with one attached hydrogen (secondary N) is 1. The van der Waals surface area contributed by atoms with E-state index < -0.39 is 10.0 Å². The van der Waals surface area contributed by atoms with Gasteiger partial charge in [0.2, 0.25) is 0 Å². The molecule has 1 aromatic carbocycles. The minimum absolute atomic E-state index is 0.0590. The number of imidazole rings is 1. The number of hydrogen-bond donors (Lipinski definition) is 1. The number of aryl methyl sites for hydroxylation is 2. The average molecular weight is 586 g/mol. The Hall–Kier alpha value is -3.67. The van der Waals surface area contributed by atoms with Gasteiger partial charge in [-0.3, -0.25) is 0 Å². The molecule has 3 heterocycles. The Labute approximate surface area is 244 Å². The second-order valence-corrected chi connectivity index (χ2v) is 10.9. The average Bonchev–Trinajstić information content (AvgIpc) is 3.73. The fourth-order valence-corrected chi connectivity index (χ4v) is 4.88. The smallest absolute Gasteiger partial charge is 0.259 e. The van der Waals surface area contributed by atoms with Gasteiger partial charge in [-0.05, 0) is 39.7 Å². The van der Waals surface area contributed by atoms with E-state index in [1.165, 1.54) is 18.1 Å². The second-order valence-electron chi connectivity index (χ2n) is 8.35. The van der Waals surface area contributed by atoms with E-state index in [0.29, 0.717) is 0 Å². The maximum Gasteiger partial charge on any atom is 0.259 e. The highest BCUT2D eigenvalue weighted by molar-refractivity contribution is 7.89. The van der Waals surface area contributed by atoms with E-state index >= 15 is 0 Å². The topological polar surface area (TPSA) is 108 Å². The molecule has 0 saturated carbocycles. The van der Waals surface area contributed by atoms with Gasteiger partial charge in [0.1, 0.15) is 16.4 Å². The molecule has 11 heteroatoms. The summed E-state index contributed by atoms with van der Waals surface area (Å²) in [6.45, 7) is 27.8. The quantitative estimate of drug-likeness (QED) is 0.241. The molecule has 0 atom stereocenters. The zero-order valence-electron chi connectivity index (χ0n) is 24.5. The Morgan fingerprint density at radius 1 is 0.925 bits per heavy atom. The zero-order valence-corrected chi connectivity index (χ0v) is 26.2. The number of aromatic nitrogens is 6. The molecule has 0 spiro atoms. The lowest BCUT2D eigenvalue weighted by atomic mass is 10.1. The van der Waals surface area contributed by atoms with E-state index in [1.54, 1.807) is 47.8 Å². The third-order valence-corrected chi connectivity index (χ3v) is 7.03. The zero-order chi connectivity index (χ0) is 30.9. The number of rotatable bonds is 7. The molecular weight excluding hydrogens is 543 g/mol. The Kier molecular flexibility index (Phi) is 16.9. The van der Waals surface area contributed by atoms with Crippen molar-refractivity contribution >= 4 is 21.4 Å². The lowest BCUT2D eigenvalue weighted by Crippen LogP contribution is -2.30. The highest BCUT2D eigenvalue weighted by Gasteiger charge is 2.18. The molecule has 0 fully saturated rings.